The van der Waals surface area contributed by atoms with Crippen LogP contribution in [0.5, 0.6) is 0 Å². The van der Waals surface area contributed by atoms with E-state index in [4.69, 9.17) is 10.8 Å². The van der Waals surface area contributed by atoms with Crippen LogP contribution in [-0.4, -0.2) is 23.7 Å². The van der Waals surface area contributed by atoms with E-state index in [2.05, 4.69) is 11.4 Å². The van der Waals surface area contributed by atoms with Crippen molar-refractivity contribution in [1.82, 2.24) is 0 Å². The van der Waals surface area contributed by atoms with Crippen molar-refractivity contribution in [1.29, 1.82) is 0 Å². The molecular weight excluding hydrogens is 168 g/mol. The molecule has 0 saturated carbocycles. The molecule has 0 fully saturated rings. The molecular formula is C9H11N2O2. The third kappa shape index (κ3) is 2.85. The van der Waals surface area contributed by atoms with Crippen molar-refractivity contribution in [3.8, 4) is 0 Å². The van der Waals surface area contributed by atoms with Gasteiger partial charge in [-0.3, -0.25) is 4.79 Å². The number of nitrogens with one attached hydrogen (secondary N) is 1. The van der Waals surface area contributed by atoms with E-state index in [1.165, 1.54) is 0 Å². The lowest BCUT2D eigenvalue weighted by atomic mass is 10.3. The highest BCUT2D eigenvalue weighted by Gasteiger charge is 2.11. The molecule has 1 aromatic carbocycles. The van der Waals surface area contributed by atoms with E-state index in [0.29, 0.717) is 5.69 Å². The lowest BCUT2D eigenvalue weighted by Crippen LogP contribution is -2.38. The number of nitrogens with two attached hydrogens (primary N) is 1. The van der Waals surface area contributed by atoms with Crippen molar-refractivity contribution in [2.75, 3.05) is 11.9 Å². The number of carbonyl (C=O) groups excluding carboxylic acids is 1. The van der Waals surface area contributed by atoms with Gasteiger partial charge >= 0.3 is 0 Å². The van der Waals surface area contributed by atoms with Gasteiger partial charge in [0, 0.05) is 5.69 Å². The summed E-state index contributed by atoms with van der Waals surface area (Å²) in [6, 6.07) is 8.70. The molecule has 13 heavy (non-hydrogen) atoms. The normalized spacial score (nSPS) is 12.2. The highest BCUT2D eigenvalue weighted by Crippen LogP contribution is 2.04. The predicted octanol–water partition coefficient (Wildman–Crippen LogP) is -0.255. The Bertz CT molecular complexity index is 274. The van der Waals surface area contributed by atoms with Gasteiger partial charge in [-0.15, -0.1) is 0 Å². The molecule has 1 rings (SSSR count). The molecule has 0 spiro atoms. The SMILES string of the molecule is NC(CO)C(=O)Nc1cc[c]cc1. The third-order valence-corrected chi connectivity index (χ3v) is 1.52. The molecule has 69 valence electrons. The van der Waals surface area contributed by atoms with E-state index in [1.807, 2.05) is 0 Å². The molecule has 0 aromatic heterocycles. The largest absolute Gasteiger partial charge is 0.394 e. The van der Waals surface area contributed by atoms with Gasteiger partial charge in [-0.2, -0.15) is 0 Å². The number of amides is 1. The van der Waals surface area contributed by atoms with Crippen LogP contribution >= 0.6 is 0 Å². The van der Waals surface area contributed by atoms with Crippen LogP contribution in [-0.2, 0) is 4.79 Å². The Morgan fingerprint density at radius 1 is 1.62 bits per heavy atom. The Kier molecular flexibility index (Phi) is 3.42. The lowest BCUT2D eigenvalue weighted by Gasteiger charge is -2.08. The molecule has 0 heterocycles. The second-order valence-corrected chi connectivity index (χ2v) is 2.57. The van der Waals surface area contributed by atoms with Crippen molar-refractivity contribution in [2.24, 2.45) is 5.73 Å². The average Bonchev–Trinajstić information content (AvgIpc) is 2.18. The number of aliphatic hydroxyl groups is 1. The van der Waals surface area contributed by atoms with Crippen LogP contribution in [0.1, 0.15) is 0 Å². The number of carbonyl (C=O) groups is 1. The van der Waals surface area contributed by atoms with Crippen molar-refractivity contribution >= 4 is 11.6 Å². The fourth-order valence-corrected chi connectivity index (χ4v) is 0.788. The number of hydrogen-bond donors (Lipinski definition) is 3. The molecule has 1 amide bonds. The minimum atomic E-state index is -0.871. The summed E-state index contributed by atoms with van der Waals surface area (Å²) in [6.07, 6.45) is 0. The van der Waals surface area contributed by atoms with Crippen LogP contribution < -0.4 is 11.1 Å². The summed E-state index contributed by atoms with van der Waals surface area (Å²) >= 11 is 0. The van der Waals surface area contributed by atoms with Gasteiger partial charge in [0.1, 0.15) is 6.04 Å². The van der Waals surface area contributed by atoms with E-state index in [1.54, 1.807) is 24.3 Å². The van der Waals surface area contributed by atoms with Gasteiger partial charge < -0.3 is 16.2 Å². The molecule has 0 saturated heterocycles. The molecule has 1 radical (unpaired) electrons. The highest BCUT2D eigenvalue weighted by molar-refractivity contribution is 5.94. The lowest BCUT2D eigenvalue weighted by molar-refractivity contribution is -0.118. The molecule has 0 bridgehead atoms. The summed E-state index contributed by atoms with van der Waals surface area (Å²) in [5.74, 6) is -0.395. The Hall–Kier alpha value is -1.39. The molecule has 1 aromatic rings. The maximum Gasteiger partial charge on any atom is 0.243 e. The number of aliphatic hydroxyl groups excluding tert-OH is 1. The van der Waals surface area contributed by atoms with Gasteiger partial charge in [0.2, 0.25) is 5.91 Å². The number of benzene rings is 1. The van der Waals surface area contributed by atoms with Crippen molar-refractivity contribution < 1.29 is 9.90 Å². The molecule has 4 nitrogen and oxygen atoms in total. The molecule has 1 atom stereocenters. The van der Waals surface area contributed by atoms with Gasteiger partial charge in [-0.25, -0.2) is 0 Å². The van der Waals surface area contributed by atoms with E-state index in [0.717, 1.165) is 0 Å². The fraction of sp³-hybridized carbons (Fsp3) is 0.222. The predicted molar refractivity (Wildman–Crippen MR) is 49.0 cm³/mol. The summed E-state index contributed by atoms with van der Waals surface area (Å²) in [6.45, 7) is -0.356. The van der Waals surface area contributed by atoms with E-state index in [-0.39, 0.29) is 6.61 Å². The first-order chi connectivity index (χ1) is 6.24. The summed E-state index contributed by atoms with van der Waals surface area (Å²) < 4.78 is 0. The molecule has 4 heteroatoms. The number of rotatable bonds is 3. The monoisotopic (exact) mass is 179 g/mol. The van der Waals surface area contributed by atoms with Gasteiger partial charge in [0.05, 0.1) is 6.61 Å². The first-order valence-corrected chi connectivity index (χ1v) is 3.87. The Balaban J connectivity index is 2.55. The Morgan fingerprint density at radius 3 is 2.77 bits per heavy atom. The molecule has 4 N–H and O–H groups in total. The van der Waals surface area contributed by atoms with Gasteiger partial charge in [-0.05, 0) is 18.2 Å². The quantitative estimate of drug-likeness (QED) is 0.598. The smallest absolute Gasteiger partial charge is 0.243 e. The van der Waals surface area contributed by atoms with Crippen LogP contribution in [0.15, 0.2) is 24.3 Å². The minimum absolute atomic E-state index is 0.356. The molecule has 0 aliphatic carbocycles. The van der Waals surface area contributed by atoms with Crippen molar-refractivity contribution in [2.45, 2.75) is 6.04 Å². The molecule has 0 aliphatic rings. The van der Waals surface area contributed by atoms with E-state index < -0.39 is 11.9 Å². The van der Waals surface area contributed by atoms with Crippen LogP contribution in [0, 0.1) is 6.07 Å². The van der Waals surface area contributed by atoms with Crippen molar-refractivity contribution in [3.05, 3.63) is 30.3 Å². The topological polar surface area (TPSA) is 75.3 Å². The summed E-state index contributed by atoms with van der Waals surface area (Å²) in [5, 5.41) is 11.1. The van der Waals surface area contributed by atoms with Crippen LogP contribution in [0.4, 0.5) is 5.69 Å². The third-order valence-electron chi connectivity index (χ3n) is 1.52. The zero-order chi connectivity index (χ0) is 9.68. The first-order valence-electron chi connectivity index (χ1n) is 3.87. The molecule has 1 unspecified atom stereocenters. The number of hydrogen-bond acceptors (Lipinski definition) is 3. The second kappa shape index (κ2) is 4.59. The fourth-order valence-electron chi connectivity index (χ4n) is 0.788. The zero-order valence-corrected chi connectivity index (χ0v) is 7.03. The van der Waals surface area contributed by atoms with E-state index >= 15 is 0 Å². The average molecular weight is 179 g/mol. The van der Waals surface area contributed by atoms with Gasteiger partial charge in [0.15, 0.2) is 0 Å². The summed E-state index contributed by atoms with van der Waals surface area (Å²) in [7, 11) is 0. The van der Waals surface area contributed by atoms with Crippen LogP contribution in [0.3, 0.4) is 0 Å². The van der Waals surface area contributed by atoms with Crippen LogP contribution in [0.25, 0.3) is 0 Å². The second-order valence-electron chi connectivity index (χ2n) is 2.57. The zero-order valence-electron chi connectivity index (χ0n) is 7.03. The van der Waals surface area contributed by atoms with Crippen LogP contribution in [0.2, 0.25) is 0 Å². The summed E-state index contributed by atoms with van der Waals surface area (Å²) in [5.41, 5.74) is 5.94. The highest BCUT2D eigenvalue weighted by atomic mass is 16.3. The van der Waals surface area contributed by atoms with Crippen molar-refractivity contribution in [3.63, 3.8) is 0 Å². The maximum absolute atomic E-state index is 11.1. The van der Waals surface area contributed by atoms with Gasteiger partial charge in [-0.1, -0.05) is 12.1 Å². The first kappa shape index (κ1) is 9.70. The maximum atomic E-state index is 11.1. The minimum Gasteiger partial charge on any atom is -0.394 e. The number of anilines is 1. The Morgan fingerprint density at radius 2 is 2.23 bits per heavy atom. The molecule has 0 aliphatic heterocycles. The summed E-state index contributed by atoms with van der Waals surface area (Å²) in [4.78, 5) is 11.1. The Labute approximate surface area is 76.4 Å². The van der Waals surface area contributed by atoms with Gasteiger partial charge in [0.25, 0.3) is 0 Å². The standard InChI is InChI=1S/C9H11N2O2/c10-8(6-12)9(13)11-7-4-2-1-3-5-7/h2-5,8,12H,6,10H2,(H,11,13). The van der Waals surface area contributed by atoms with E-state index in [9.17, 15) is 4.79 Å².